The lowest BCUT2D eigenvalue weighted by molar-refractivity contribution is 0.370. The molecule has 1 fully saturated rings. The Morgan fingerprint density at radius 3 is 2.65 bits per heavy atom. The van der Waals surface area contributed by atoms with Crippen molar-refractivity contribution in [2.24, 2.45) is 11.7 Å². The Kier molecular flexibility index (Phi) is 4.00. The Morgan fingerprint density at radius 1 is 1.47 bits per heavy atom. The molecule has 1 atom stereocenters. The second kappa shape index (κ2) is 5.16. The molecule has 0 radical (unpaired) electrons. The van der Waals surface area contributed by atoms with E-state index in [1.54, 1.807) is 6.07 Å². The molecule has 0 saturated heterocycles. The minimum absolute atomic E-state index is 0.0253. The molecule has 1 aromatic carbocycles. The minimum atomic E-state index is -0.0253. The highest BCUT2D eigenvalue weighted by molar-refractivity contribution is 9.13. The molecule has 0 aromatic heterocycles. The Labute approximate surface area is 118 Å². The van der Waals surface area contributed by atoms with Crippen molar-refractivity contribution in [3.8, 4) is 11.5 Å². The van der Waals surface area contributed by atoms with Crippen molar-refractivity contribution in [3.63, 3.8) is 0 Å². The lowest BCUT2D eigenvalue weighted by atomic mass is 10.0. The van der Waals surface area contributed by atoms with Crippen molar-refractivity contribution in [2.45, 2.75) is 25.3 Å². The third-order valence-corrected chi connectivity index (χ3v) is 5.24. The monoisotopic (exact) mass is 363 g/mol. The van der Waals surface area contributed by atoms with Crippen LogP contribution in [0.25, 0.3) is 0 Å². The predicted molar refractivity (Wildman–Crippen MR) is 74.3 cm³/mol. The van der Waals surface area contributed by atoms with Crippen molar-refractivity contribution in [2.75, 3.05) is 7.11 Å². The van der Waals surface area contributed by atoms with Crippen LogP contribution in [0, 0.1) is 5.92 Å². The standard InChI is InChI=1S/C12H15Br2NO2/c1-17-9-5-7(8(15)4-6-2-3-6)10(13)11(14)12(9)16/h5-6,8,16H,2-4,15H2,1H3/t8-/m1/s1. The molecule has 3 N–H and O–H groups in total. The van der Waals surface area contributed by atoms with Crippen molar-refractivity contribution >= 4 is 31.9 Å². The molecule has 0 aliphatic heterocycles. The summed E-state index contributed by atoms with van der Waals surface area (Å²) >= 11 is 6.80. The number of phenols is 1. The normalized spacial score (nSPS) is 16.9. The first-order valence-electron chi connectivity index (χ1n) is 5.55. The summed E-state index contributed by atoms with van der Waals surface area (Å²) in [5.74, 6) is 1.30. The summed E-state index contributed by atoms with van der Waals surface area (Å²) in [7, 11) is 1.53. The third kappa shape index (κ3) is 2.77. The Bertz CT molecular complexity index is 433. The van der Waals surface area contributed by atoms with Gasteiger partial charge in [-0.1, -0.05) is 12.8 Å². The summed E-state index contributed by atoms with van der Waals surface area (Å²) in [5.41, 5.74) is 7.16. The van der Waals surface area contributed by atoms with Gasteiger partial charge in [-0.3, -0.25) is 0 Å². The SMILES string of the molecule is COc1cc([C@H](N)CC2CC2)c(Br)c(Br)c1O. The maximum Gasteiger partial charge on any atom is 0.173 e. The first-order valence-corrected chi connectivity index (χ1v) is 7.13. The highest BCUT2D eigenvalue weighted by Crippen LogP contribution is 2.45. The molecule has 1 aromatic rings. The van der Waals surface area contributed by atoms with E-state index >= 15 is 0 Å². The molecule has 17 heavy (non-hydrogen) atoms. The fourth-order valence-corrected chi connectivity index (χ4v) is 2.90. The molecule has 2 rings (SSSR count). The number of ether oxygens (including phenoxy) is 1. The van der Waals surface area contributed by atoms with Gasteiger partial charge in [0, 0.05) is 10.5 Å². The van der Waals surface area contributed by atoms with Crippen molar-refractivity contribution in [3.05, 3.63) is 20.6 Å². The molecule has 0 amide bonds. The zero-order chi connectivity index (χ0) is 12.6. The molecule has 1 aliphatic carbocycles. The fourth-order valence-electron chi connectivity index (χ4n) is 1.88. The number of rotatable bonds is 4. The summed E-state index contributed by atoms with van der Waals surface area (Å²) in [5, 5.41) is 9.84. The van der Waals surface area contributed by atoms with E-state index in [4.69, 9.17) is 10.5 Å². The van der Waals surface area contributed by atoms with E-state index in [9.17, 15) is 5.11 Å². The van der Waals surface area contributed by atoms with Crippen LogP contribution >= 0.6 is 31.9 Å². The van der Waals surface area contributed by atoms with E-state index in [0.717, 1.165) is 22.4 Å². The summed E-state index contributed by atoms with van der Waals surface area (Å²) in [6.45, 7) is 0. The van der Waals surface area contributed by atoms with Crippen LogP contribution in [0.5, 0.6) is 11.5 Å². The van der Waals surface area contributed by atoms with Crippen LogP contribution in [-0.4, -0.2) is 12.2 Å². The van der Waals surface area contributed by atoms with E-state index in [0.29, 0.717) is 10.2 Å². The molecule has 0 heterocycles. The van der Waals surface area contributed by atoms with E-state index in [1.807, 2.05) is 0 Å². The molecular formula is C12H15Br2NO2. The van der Waals surface area contributed by atoms with Gasteiger partial charge in [-0.05, 0) is 55.8 Å². The van der Waals surface area contributed by atoms with E-state index < -0.39 is 0 Å². The second-order valence-corrected chi connectivity index (χ2v) is 6.02. The average molecular weight is 365 g/mol. The number of phenolic OH excluding ortho intramolecular Hbond substituents is 1. The fraction of sp³-hybridized carbons (Fsp3) is 0.500. The number of methoxy groups -OCH3 is 1. The zero-order valence-corrected chi connectivity index (χ0v) is 12.7. The average Bonchev–Trinajstić information content (AvgIpc) is 3.10. The molecule has 5 heteroatoms. The van der Waals surface area contributed by atoms with Gasteiger partial charge in [0.25, 0.3) is 0 Å². The Hall–Kier alpha value is -0.260. The van der Waals surface area contributed by atoms with Gasteiger partial charge in [0.05, 0.1) is 11.6 Å². The van der Waals surface area contributed by atoms with Crippen molar-refractivity contribution < 1.29 is 9.84 Å². The molecule has 1 saturated carbocycles. The number of halogens is 2. The van der Waals surface area contributed by atoms with Crippen LogP contribution in [0.15, 0.2) is 15.0 Å². The van der Waals surface area contributed by atoms with Gasteiger partial charge in [0.2, 0.25) is 0 Å². The van der Waals surface area contributed by atoms with Crippen LogP contribution in [0.4, 0.5) is 0 Å². The highest BCUT2D eigenvalue weighted by atomic mass is 79.9. The Morgan fingerprint density at radius 2 is 2.12 bits per heavy atom. The molecule has 0 bridgehead atoms. The molecule has 0 unspecified atom stereocenters. The summed E-state index contributed by atoms with van der Waals surface area (Å²) in [4.78, 5) is 0. The van der Waals surface area contributed by atoms with Crippen LogP contribution in [0.1, 0.15) is 30.9 Å². The quantitative estimate of drug-likeness (QED) is 0.855. The lowest BCUT2D eigenvalue weighted by Gasteiger charge is -2.17. The number of benzene rings is 1. The zero-order valence-electron chi connectivity index (χ0n) is 9.54. The largest absolute Gasteiger partial charge is 0.503 e. The van der Waals surface area contributed by atoms with Crippen LogP contribution in [0.2, 0.25) is 0 Å². The molecular weight excluding hydrogens is 350 g/mol. The van der Waals surface area contributed by atoms with Gasteiger partial charge in [0.15, 0.2) is 11.5 Å². The van der Waals surface area contributed by atoms with Gasteiger partial charge in [-0.15, -0.1) is 0 Å². The van der Waals surface area contributed by atoms with Gasteiger partial charge >= 0.3 is 0 Å². The van der Waals surface area contributed by atoms with Crippen molar-refractivity contribution in [1.29, 1.82) is 0 Å². The molecule has 1 aliphatic rings. The summed E-state index contributed by atoms with van der Waals surface area (Å²) in [6.07, 6.45) is 3.54. The van der Waals surface area contributed by atoms with Gasteiger partial charge in [-0.2, -0.15) is 0 Å². The lowest BCUT2D eigenvalue weighted by Crippen LogP contribution is -2.12. The minimum Gasteiger partial charge on any atom is -0.503 e. The first kappa shape index (κ1) is 13.2. The van der Waals surface area contributed by atoms with Gasteiger partial charge in [-0.25, -0.2) is 0 Å². The summed E-state index contributed by atoms with van der Waals surface area (Å²) < 4.78 is 6.54. The molecule has 94 valence electrons. The maximum atomic E-state index is 9.84. The summed E-state index contributed by atoms with van der Waals surface area (Å²) in [6, 6.07) is 1.78. The van der Waals surface area contributed by atoms with Crippen LogP contribution in [-0.2, 0) is 0 Å². The number of nitrogens with two attached hydrogens (primary N) is 1. The molecule has 0 spiro atoms. The highest BCUT2D eigenvalue weighted by Gasteiger charge is 2.27. The smallest absolute Gasteiger partial charge is 0.173 e. The van der Waals surface area contributed by atoms with Crippen LogP contribution in [0.3, 0.4) is 0 Å². The van der Waals surface area contributed by atoms with Gasteiger partial charge < -0.3 is 15.6 Å². The Balaban J connectivity index is 2.34. The van der Waals surface area contributed by atoms with Crippen molar-refractivity contribution in [1.82, 2.24) is 0 Å². The van der Waals surface area contributed by atoms with E-state index in [2.05, 4.69) is 31.9 Å². The third-order valence-electron chi connectivity index (χ3n) is 3.08. The number of hydrogen-bond donors (Lipinski definition) is 2. The topological polar surface area (TPSA) is 55.5 Å². The first-order chi connectivity index (χ1) is 8.04. The van der Waals surface area contributed by atoms with E-state index in [-0.39, 0.29) is 11.8 Å². The predicted octanol–water partition coefficient (Wildman–Crippen LogP) is 3.73. The number of hydrogen-bond acceptors (Lipinski definition) is 3. The van der Waals surface area contributed by atoms with Gasteiger partial charge in [0.1, 0.15) is 0 Å². The number of aromatic hydroxyl groups is 1. The van der Waals surface area contributed by atoms with E-state index in [1.165, 1.54) is 20.0 Å². The maximum absolute atomic E-state index is 9.84. The molecule has 3 nitrogen and oxygen atoms in total. The second-order valence-electron chi connectivity index (χ2n) is 4.43. The van der Waals surface area contributed by atoms with Crippen LogP contribution < -0.4 is 10.5 Å².